The van der Waals surface area contributed by atoms with Gasteiger partial charge in [-0.25, -0.2) is 8.42 Å². The molecule has 1 aliphatic heterocycles. The molecular formula is C22H24N2O3S. The second-order valence-electron chi connectivity index (χ2n) is 6.99. The summed E-state index contributed by atoms with van der Waals surface area (Å²) in [6.07, 6.45) is 0. The first-order valence-electron chi connectivity index (χ1n) is 9.39. The van der Waals surface area contributed by atoms with Crippen molar-refractivity contribution in [2.45, 2.75) is 11.8 Å². The molecule has 1 heterocycles. The lowest BCUT2D eigenvalue weighted by Gasteiger charge is -2.36. The second-order valence-corrected chi connectivity index (χ2v) is 8.90. The van der Waals surface area contributed by atoms with Crippen LogP contribution in [-0.4, -0.2) is 46.0 Å². The molecular weight excluding hydrogens is 372 g/mol. The normalized spacial score (nSPS) is 15.7. The molecule has 1 aliphatic rings. The Hall–Kier alpha value is -2.57. The topological polar surface area (TPSA) is 49.9 Å². The van der Waals surface area contributed by atoms with Crippen molar-refractivity contribution in [2.75, 3.05) is 38.2 Å². The first-order valence-corrected chi connectivity index (χ1v) is 10.8. The van der Waals surface area contributed by atoms with Crippen molar-refractivity contribution in [1.29, 1.82) is 0 Å². The molecule has 0 aromatic heterocycles. The smallest absolute Gasteiger partial charge is 0.243 e. The number of benzene rings is 3. The van der Waals surface area contributed by atoms with Gasteiger partial charge in [0.1, 0.15) is 5.75 Å². The van der Waals surface area contributed by atoms with E-state index in [4.69, 9.17) is 4.74 Å². The van der Waals surface area contributed by atoms with Crippen LogP contribution in [0.4, 0.5) is 5.69 Å². The highest BCUT2D eigenvalue weighted by molar-refractivity contribution is 7.89. The van der Waals surface area contributed by atoms with Crippen LogP contribution < -0.4 is 9.64 Å². The summed E-state index contributed by atoms with van der Waals surface area (Å²) in [5.41, 5.74) is 2.38. The Kier molecular flexibility index (Phi) is 5.00. The van der Waals surface area contributed by atoms with Gasteiger partial charge in [0.25, 0.3) is 0 Å². The molecule has 0 spiro atoms. The predicted octanol–water partition coefficient (Wildman–Crippen LogP) is 3.67. The van der Waals surface area contributed by atoms with Crippen molar-refractivity contribution in [1.82, 2.24) is 4.31 Å². The lowest BCUT2D eigenvalue weighted by molar-refractivity contribution is 0.385. The Morgan fingerprint density at radius 1 is 0.821 bits per heavy atom. The third-order valence-electron chi connectivity index (χ3n) is 5.38. The molecule has 146 valence electrons. The summed E-state index contributed by atoms with van der Waals surface area (Å²) in [6, 6.07) is 19.1. The standard InChI is InChI=1S/C22H24N2O3S/c1-17-7-3-6-10-20(17)23-13-15-24(16-14-23)28(25,26)22-12-11-21(27-2)18-8-4-5-9-19(18)22/h3-12H,13-16H2,1-2H3. The molecule has 1 saturated heterocycles. The van der Waals surface area contributed by atoms with Gasteiger partial charge in [-0.1, -0.05) is 42.5 Å². The number of rotatable bonds is 4. The molecule has 3 aromatic carbocycles. The second kappa shape index (κ2) is 7.45. The number of aryl methyl sites for hydroxylation is 1. The van der Waals surface area contributed by atoms with Gasteiger partial charge in [0, 0.05) is 42.6 Å². The zero-order chi connectivity index (χ0) is 19.7. The van der Waals surface area contributed by atoms with Crippen molar-refractivity contribution >= 4 is 26.5 Å². The van der Waals surface area contributed by atoms with Crippen LogP contribution in [-0.2, 0) is 10.0 Å². The van der Waals surface area contributed by atoms with E-state index in [-0.39, 0.29) is 0 Å². The van der Waals surface area contributed by atoms with Crippen LogP contribution in [0.15, 0.2) is 65.6 Å². The number of nitrogens with zero attached hydrogens (tertiary/aromatic N) is 2. The van der Waals surface area contributed by atoms with E-state index >= 15 is 0 Å². The summed E-state index contributed by atoms with van der Waals surface area (Å²) in [6.45, 7) is 4.38. The lowest BCUT2D eigenvalue weighted by atomic mass is 10.1. The summed E-state index contributed by atoms with van der Waals surface area (Å²) in [5.74, 6) is 0.680. The van der Waals surface area contributed by atoms with E-state index in [1.807, 2.05) is 36.4 Å². The van der Waals surface area contributed by atoms with Crippen LogP contribution in [0.25, 0.3) is 10.8 Å². The molecule has 0 N–H and O–H groups in total. The van der Waals surface area contributed by atoms with E-state index in [2.05, 4.69) is 24.0 Å². The number of ether oxygens (including phenoxy) is 1. The van der Waals surface area contributed by atoms with Crippen molar-refractivity contribution in [3.05, 3.63) is 66.2 Å². The van der Waals surface area contributed by atoms with Gasteiger partial charge in [0.15, 0.2) is 0 Å². The minimum atomic E-state index is -3.58. The maximum Gasteiger partial charge on any atom is 0.243 e. The van der Waals surface area contributed by atoms with E-state index in [9.17, 15) is 8.42 Å². The SMILES string of the molecule is COc1ccc(S(=O)(=O)N2CCN(c3ccccc3C)CC2)c2ccccc12. The van der Waals surface area contributed by atoms with Crippen molar-refractivity contribution < 1.29 is 13.2 Å². The Labute approximate surface area is 166 Å². The molecule has 6 heteroatoms. The number of anilines is 1. The van der Waals surface area contributed by atoms with Crippen LogP contribution >= 0.6 is 0 Å². The Balaban J connectivity index is 1.62. The van der Waals surface area contributed by atoms with Crippen molar-refractivity contribution in [2.24, 2.45) is 0 Å². The Morgan fingerprint density at radius 3 is 2.14 bits per heavy atom. The molecule has 0 amide bonds. The zero-order valence-electron chi connectivity index (χ0n) is 16.1. The molecule has 0 aliphatic carbocycles. The summed E-state index contributed by atoms with van der Waals surface area (Å²) < 4.78 is 33.7. The van der Waals surface area contributed by atoms with Crippen LogP contribution in [0.1, 0.15) is 5.56 Å². The summed E-state index contributed by atoms with van der Waals surface area (Å²) in [5, 5.41) is 1.51. The van der Waals surface area contributed by atoms with Crippen molar-refractivity contribution in [3.63, 3.8) is 0 Å². The third-order valence-corrected chi connectivity index (χ3v) is 7.33. The van der Waals surface area contributed by atoms with E-state index in [0.29, 0.717) is 42.2 Å². The quantitative estimate of drug-likeness (QED) is 0.675. The van der Waals surface area contributed by atoms with Gasteiger partial charge in [-0.05, 0) is 30.7 Å². The number of fused-ring (bicyclic) bond motifs is 1. The number of hydrogen-bond donors (Lipinski definition) is 0. The number of methoxy groups -OCH3 is 1. The molecule has 4 rings (SSSR count). The number of hydrogen-bond acceptors (Lipinski definition) is 4. The monoisotopic (exact) mass is 396 g/mol. The maximum atomic E-state index is 13.4. The van der Waals surface area contributed by atoms with E-state index < -0.39 is 10.0 Å². The minimum absolute atomic E-state index is 0.341. The maximum absolute atomic E-state index is 13.4. The number of sulfonamides is 1. The van der Waals surface area contributed by atoms with Crippen molar-refractivity contribution in [3.8, 4) is 5.75 Å². The van der Waals surface area contributed by atoms with Gasteiger partial charge in [0.2, 0.25) is 10.0 Å². The van der Waals surface area contributed by atoms with E-state index in [0.717, 1.165) is 5.39 Å². The molecule has 5 nitrogen and oxygen atoms in total. The molecule has 1 fully saturated rings. The molecule has 0 unspecified atom stereocenters. The minimum Gasteiger partial charge on any atom is -0.496 e. The van der Waals surface area contributed by atoms with Gasteiger partial charge in [0.05, 0.1) is 12.0 Å². The fourth-order valence-corrected chi connectivity index (χ4v) is 5.49. The Bertz CT molecular complexity index is 1100. The first-order chi connectivity index (χ1) is 13.5. The molecule has 0 atom stereocenters. The first kappa shape index (κ1) is 18.8. The fraction of sp³-hybridized carbons (Fsp3) is 0.273. The molecule has 28 heavy (non-hydrogen) atoms. The highest BCUT2D eigenvalue weighted by Gasteiger charge is 2.30. The molecule has 0 radical (unpaired) electrons. The van der Waals surface area contributed by atoms with E-state index in [1.165, 1.54) is 11.3 Å². The van der Waals surface area contributed by atoms with Crippen LogP contribution in [0.2, 0.25) is 0 Å². The zero-order valence-corrected chi connectivity index (χ0v) is 16.9. The Morgan fingerprint density at radius 2 is 1.46 bits per heavy atom. The van der Waals surface area contributed by atoms with E-state index in [1.54, 1.807) is 23.5 Å². The van der Waals surface area contributed by atoms with Crippen LogP contribution in [0.5, 0.6) is 5.75 Å². The molecule has 0 saturated carbocycles. The highest BCUT2D eigenvalue weighted by Crippen LogP contribution is 2.33. The largest absolute Gasteiger partial charge is 0.496 e. The van der Waals surface area contributed by atoms with Gasteiger partial charge >= 0.3 is 0 Å². The third kappa shape index (κ3) is 3.23. The predicted molar refractivity (Wildman–Crippen MR) is 113 cm³/mol. The van der Waals surface area contributed by atoms with Gasteiger partial charge in [-0.3, -0.25) is 0 Å². The average molecular weight is 397 g/mol. The summed E-state index contributed by atoms with van der Waals surface area (Å²) in [4.78, 5) is 2.60. The lowest BCUT2D eigenvalue weighted by Crippen LogP contribution is -2.48. The fourth-order valence-electron chi connectivity index (χ4n) is 3.87. The summed E-state index contributed by atoms with van der Waals surface area (Å²) >= 11 is 0. The van der Waals surface area contributed by atoms with Gasteiger partial charge in [-0.2, -0.15) is 4.31 Å². The average Bonchev–Trinajstić information content (AvgIpc) is 2.73. The van der Waals surface area contributed by atoms with Crippen LogP contribution in [0.3, 0.4) is 0 Å². The van der Waals surface area contributed by atoms with Gasteiger partial charge < -0.3 is 9.64 Å². The highest BCUT2D eigenvalue weighted by atomic mass is 32.2. The number of para-hydroxylation sites is 1. The van der Waals surface area contributed by atoms with Gasteiger partial charge in [-0.15, -0.1) is 0 Å². The summed E-state index contributed by atoms with van der Waals surface area (Å²) in [7, 11) is -1.98. The number of piperazine rings is 1. The molecule has 0 bridgehead atoms. The molecule has 3 aromatic rings. The van der Waals surface area contributed by atoms with Crippen LogP contribution in [0, 0.1) is 6.92 Å².